The van der Waals surface area contributed by atoms with Gasteiger partial charge in [-0.3, -0.25) is 4.79 Å². The molecule has 106 valence electrons. The van der Waals surface area contributed by atoms with E-state index in [0.717, 1.165) is 19.1 Å². The van der Waals surface area contributed by atoms with E-state index < -0.39 is 9.84 Å². The van der Waals surface area contributed by atoms with Crippen LogP contribution in [-0.4, -0.2) is 40.8 Å². The van der Waals surface area contributed by atoms with Crippen molar-refractivity contribution < 1.29 is 17.9 Å². The van der Waals surface area contributed by atoms with Crippen molar-refractivity contribution in [1.29, 1.82) is 0 Å². The van der Waals surface area contributed by atoms with Crippen molar-refractivity contribution in [3.8, 4) is 0 Å². The van der Waals surface area contributed by atoms with Crippen LogP contribution in [0.4, 0.5) is 0 Å². The zero-order valence-corrected chi connectivity index (χ0v) is 12.0. The smallest absolute Gasteiger partial charge is 0.251 e. The summed E-state index contributed by atoms with van der Waals surface area (Å²) in [5.74, 6) is -0.261. The van der Waals surface area contributed by atoms with E-state index in [1.165, 1.54) is 12.1 Å². The predicted octanol–water partition coefficient (Wildman–Crippen LogP) is 1.25. The lowest BCUT2D eigenvalue weighted by Gasteiger charge is -2.06. The fraction of sp³-hybridized carbons (Fsp3) is 0.462. The molecule has 0 aliphatic heterocycles. The highest BCUT2D eigenvalue weighted by Gasteiger charge is 2.11. The van der Waals surface area contributed by atoms with Gasteiger partial charge >= 0.3 is 0 Å². The molecule has 0 spiro atoms. The molecular formula is C13H19NO4S. The number of carbonyl (C=O) groups is 1. The van der Waals surface area contributed by atoms with E-state index in [-0.39, 0.29) is 10.8 Å². The summed E-state index contributed by atoms with van der Waals surface area (Å²) >= 11 is 0. The Morgan fingerprint density at radius 1 is 1.32 bits per heavy atom. The van der Waals surface area contributed by atoms with Gasteiger partial charge in [-0.15, -0.1) is 0 Å². The van der Waals surface area contributed by atoms with E-state index in [9.17, 15) is 13.2 Å². The van der Waals surface area contributed by atoms with Gasteiger partial charge in [0.25, 0.3) is 5.91 Å². The lowest BCUT2D eigenvalue weighted by Crippen LogP contribution is -2.24. The van der Waals surface area contributed by atoms with Crippen molar-refractivity contribution in [2.24, 2.45) is 0 Å². The fourth-order valence-electron chi connectivity index (χ4n) is 1.54. The SMILES string of the molecule is COCCCCNC(=O)c1cccc(S(C)(=O)=O)c1. The maximum absolute atomic E-state index is 11.8. The molecule has 0 aliphatic carbocycles. The van der Waals surface area contributed by atoms with Crippen LogP contribution in [0.2, 0.25) is 0 Å². The molecule has 0 fully saturated rings. The van der Waals surface area contributed by atoms with Gasteiger partial charge in [0.1, 0.15) is 0 Å². The highest BCUT2D eigenvalue weighted by Crippen LogP contribution is 2.11. The highest BCUT2D eigenvalue weighted by atomic mass is 32.2. The summed E-state index contributed by atoms with van der Waals surface area (Å²) in [5.41, 5.74) is 0.356. The number of unbranched alkanes of at least 4 members (excludes halogenated alkanes) is 1. The second-order valence-electron chi connectivity index (χ2n) is 4.26. The number of hydrogen-bond donors (Lipinski definition) is 1. The fourth-order valence-corrected chi connectivity index (χ4v) is 2.21. The summed E-state index contributed by atoms with van der Waals surface area (Å²) < 4.78 is 27.7. The minimum absolute atomic E-state index is 0.152. The molecule has 0 saturated carbocycles. The Morgan fingerprint density at radius 3 is 2.68 bits per heavy atom. The average molecular weight is 285 g/mol. The number of benzene rings is 1. The quantitative estimate of drug-likeness (QED) is 0.765. The largest absolute Gasteiger partial charge is 0.385 e. The van der Waals surface area contributed by atoms with E-state index in [1.54, 1.807) is 19.2 Å². The number of carbonyl (C=O) groups excluding carboxylic acids is 1. The Hall–Kier alpha value is -1.40. The van der Waals surface area contributed by atoms with Crippen molar-refractivity contribution in [3.63, 3.8) is 0 Å². The lowest BCUT2D eigenvalue weighted by molar-refractivity contribution is 0.0951. The molecule has 0 aliphatic rings. The molecule has 6 heteroatoms. The number of nitrogens with one attached hydrogen (secondary N) is 1. The van der Waals surface area contributed by atoms with Crippen LogP contribution in [0.5, 0.6) is 0 Å². The van der Waals surface area contributed by atoms with Crippen LogP contribution >= 0.6 is 0 Å². The van der Waals surface area contributed by atoms with Gasteiger partial charge in [-0.25, -0.2) is 8.42 Å². The molecule has 1 N–H and O–H groups in total. The molecule has 1 aromatic carbocycles. The number of rotatable bonds is 7. The minimum atomic E-state index is -3.29. The number of hydrogen-bond acceptors (Lipinski definition) is 4. The number of methoxy groups -OCH3 is 1. The van der Waals surface area contributed by atoms with E-state index in [0.29, 0.717) is 18.7 Å². The Bertz CT molecular complexity index is 525. The van der Waals surface area contributed by atoms with Crippen LogP contribution in [0, 0.1) is 0 Å². The lowest BCUT2D eigenvalue weighted by atomic mass is 10.2. The molecule has 0 radical (unpaired) electrons. The van der Waals surface area contributed by atoms with Gasteiger partial charge in [-0.05, 0) is 31.0 Å². The molecule has 5 nitrogen and oxygen atoms in total. The minimum Gasteiger partial charge on any atom is -0.385 e. The molecule has 1 amide bonds. The zero-order valence-electron chi connectivity index (χ0n) is 11.2. The van der Waals surface area contributed by atoms with E-state index in [1.807, 2.05) is 0 Å². The zero-order chi connectivity index (χ0) is 14.3. The normalized spacial score (nSPS) is 11.3. The van der Waals surface area contributed by atoms with Crippen molar-refractivity contribution in [3.05, 3.63) is 29.8 Å². The van der Waals surface area contributed by atoms with Crippen molar-refractivity contribution in [1.82, 2.24) is 5.32 Å². The first kappa shape index (κ1) is 15.7. The van der Waals surface area contributed by atoms with Gasteiger partial charge in [0.15, 0.2) is 9.84 Å². The van der Waals surface area contributed by atoms with Crippen LogP contribution in [-0.2, 0) is 14.6 Å². The summed E-state index contributed by atoms with van der Waals surface area (Å²) in [6.07, 6.45) is 2.82. The molecule has 0 aromatic heterocycles. The van der Waals surface area contributed by atoms with Crippen LogP contribution in [0.1, 0.15) is 23.2 Å². The molecule has 0 unspecified atom stereocenters. The van der Waals surface area contributed by atoms with Gasteiger partial charge < -0.3 is 10.1 Å². The molecule has 0 heterocycles. The van der Waals surface area contributed by atoms with Crippen LogP contribution in [0.3, 0.4) is 0 Å². The standard InChI is InChI=1S/C13H19NO4S/c1-18-9-4-3-8-14-13(15)11-6-5-7-12(10-11)19(2,16)17/h5-7,10H,3-4,8-9H2,1-2H3,(H,14,15). The second kappa shape index (κ2) is 7.25. The first-order chi connectivity index (χ1) is 8.95. The summed E-state index contributed by atoms with van der Waals surface area (Å²) in [5, 5.41) is 2.75. The Kier molecular flexibility index (Phi) is 5.98. The maximum Gasteiger partial charge on any atom is 0.251 e. The molecule has 1 rings (SSSR count). The number of amides is 1. The summed E-state index contributed by atoms with van der Waals surface area (Å²) in [7, 11) is -1.65. The average Bonchev–Trinajstić information content (AvgIpc) is 2.37. The topological polar surface area (TPSA) is 72.5 Å². The van der Waals surface area contributed by atoms with Gasteiger partial charge in [-0.2, -0.15) is 0 Å². The third kappa shape index (κ3) is 5.40. The number of sulfone groups is 1. The first-order valence-corrected chi connectivity index (χ1v) is 7.91. The summed E-state index contributed by atoms with van der Waals surface area (Å²) in [6, 6.07) is 6.03. The molecular weight excluding hydrogens is 266 g/mol. The third-order valence-electron chi connectivity index (χ3n) is 2.59. The van der Waals surface area contributed by atoms with Gasteiger partial charge in [-0.1, -0.05) is 6.07 Å². The Labute approximate surface area is 113 Å². The van der Waals surface area contributed by atoms with E-state index in [4.69, 9.17) is 4.74 Å². The first-order valence-electron chi connectivity index (χ1n) is 6.02. The van der Waals surface area contributed by atoms with E-state index >= 15 is 0 Å². The summed E-state index contributed by atoms with van der Waals surface area (Å²) in [4.78, 5) is 12.0. The van der Waals surface area contributed by atoms with E-state index in [2.05, 4.69) is 5.32 Å². The van der Waals surface area contributed by atoms with Crippen LogP contribution in [0.25, 0.3) is 0 Å². The monoisotopic (exact) mass is 285 g/mol. The van der Waals surface area contributed by atoms with Crippen molar-refractivity contribution >= 4 is 15.7 Å². The van der Waals surface area contributed by atoms with Gasteiger partial charge in [0.05, 0.1) is 4.90 Å². The molecule has 19 heavy (non-hydrogen) atoms. The Balaban J connectivity index is 2.58. The summed E-state index contributed by atoms with van der Waals surface area (Å²) in [6.45, 7) is 1.21. The molecule has 0 saturated heterocycles. The predicted molar refractivity (Wildman–Crippen MR) is 73.0 cm³/mol. The van der Waals surface area contributed by atoms with Crippen molar-refractivity contribution in [2.75, 3.05) is 26.5 Å². The molecule has 1 aromatic rings. The maximum atomic E-state index is 11.8. The number of ether oxygens (including phenoxy) is 1. The van der Waals surface area contributed by atoms with Crippen LogP contribution < -0.4 is 5.32 Å². The van der Waals surface area contributed by atoms with Gasteiger partial charge in [0, 0.05) is 32.1 Å². The van der Waals surface area contributed by atoms with Gasteiger partial charge in [0.2, 0.25) is 0 Å². The van der Waals surface area contributed by atoms with Crippen molar-refractivity contribution in [2.45, 2.75) is 17.7 Å². The Morgan fingerprint density at radius 2 is 2.05 bits per heavy atom. The third-order valence-corrected chi connectivity index (χ3v) is 3.70. The molecule has 0 bridgehead atoms. The second-order valence-corrected chi connectivity index (χ2v) is 6.27. The van der Waals surface area contributed by atoms with Crippen LogP contribution in [0.15, 0.2) is 29.2 Å². The molecule has 0 atom stereocenters. The highest BCUT2D eigenvalue weighted by molar-refractivity contribution is 7.90.